The van der Waals surface area contributed by atoms with Gasteiger partial charge in [-0.15, -0.1) is 0 Å². The smallest absolute Gasteiger partial charge is 0.272 e. The van der Waals surface area contributed by atoms with Crippen molar-refractivity contribution in [3.63, 3.8) is 0 Å². The van der Waals surface area contributed by atoms with Gasteiger partial charge in [-0.05, 0) is 60.6 Å². The highest BCUT2D eigenvalue weighted by molar-refractivity contribution is 5.96. The van der Waals surface area contributed by atoms with Gasteiger partial charge in [0.1, 0.15) is 23.1 Å². The van der Waals surface area contributed by atoms with Gasteiger partial charge in [-0.2, -0.15) is 5.10 Å². The lowest BCUT2D eigenvalue weighted by atomic mass is 9.81. The number of carbonyl (C=O) groups is 2. The number of amides is 1. The van der Waals surface area contributed by atoms with E-state index >= 15 is 8.78 Å². The molecule has 1 atom stereocenters. The van der Waals surface area contributed by atoms with E-state index < -0.39 is 17.4 Å². The molecular formula is C28H27F2N3O3. The molecule has 3 aromatic rings. The van der Waals surface area contributed by atoms with Crippen molar-refractivity contribution in [1.82, 2.24) is 14.7 Å². The molecule has 1 unspecified atom stereocenters. The molecule has 36 heavy (non-hydrogen) atoms. The molecule has 8 heteroatoms. The lowest BCUT2D eigenvalue weighted by Gasteiger charge is -2.40. The van der Waals surface area contributed by atoms with Crippen LogP contribution in [0, 0.1) is 11.6 Å². The molecule has 0 saturated heterocycles. The maximum atomic E-state index is 15.1. The number of halogens is 2. The molecule has 2 heterocycles. The van der Waals surface area contributed by atoms with E-state index in [0.29, 0.717) is 36.9 Å². The third-order valence-electron chi connectivity index (χ3n) is 7.23. The van der Waals surface area contributed by atoms with E-state index in [4.69, 9.17) is 0 Å². The summed E-state index contributed by atoms with van der Waals surface area (Å²) in [6.45, 7) is 4.02. The number of hydrogen-bond donors (Lipinski definition) is 0. The second-order valence-electron chi connectivity index (χ2n) is 9.57. The van der Waals surface area contributed by atoms with Crippen LogP contribution >= 0.6 is 0 Å². The first-order chi connectivity index (χ1) is 17.3. The van der Waals surface area contributed by atoms with E-state index in [1.54, 1.807) is 17.0 Å². The van der Waals surface area contributed by atoms with Gasteiger partial charge in [-0.3, -0.25) is 19.1 Å². The van der Waals surface area contributed by atoms with Gasteiger partial charge in [-0.1, -0.05) is 31.2 Å². The van der Waals surface area contributed by atoms with Crippen LogP contribution in [0.1, 0.15) is 70.5 Å². The minimum Gasteiger partial charge on any atom is -0.335 e. The normalized spacial score (nSPS) is 17.3. The fourth-order valence-corrected chi connectivity index (χ4v) is 5.74. The zero-order chi connectivity index (χ0) is 25.6. The van der Waals surface area contributed by atoms with E-state index in [9.17, 15) is 14.4 Å². The topological polar surface area (TPSA) is 72.3 Å². The maximum absolute atomic E-state index is 15.1. The van der Waals surface area contributed by atoms with Crippen LogP contribution in [-0.4, -0.2) is 39.5 Å². The van der Waals surface area contributed by atoms with Gasteiger partial charge in [0.25, 0.3) is 5.91 Å². The molecule has 186 valence electrons. The first-order valence-corrected chi connectivity index (χ1v) is 12.3. The molecule has 0 radical (unpaired) electrons. The van der Waals surface area contributed by atoms with Crippen molar-refractivity contribution >= 4 is 11.7 Å². The van der Waals surface area contributed by atoms with Gasteiger partial charge in [0.05, 0.1) is 12.2 Å². The Morgan fingerprint density at radius 2 is 1.64 bits per heavy atom. The summed E-state index contributed by atoms with van der Waals surface area (Å²) < 4.78 is 31.7. The van der Waals surface area contributed by atoms with Crippen LogP contribution in [0.3, 0.4) is 0 Å². The molecule has 1 aliphatic carbocycles. The zero-order valence-corrected chi connectivity index (χ0v) is 20.3. The highest BCUT2D eigenvalue weighted by Gasteiger charge is 2.41. The fourth-order valence-electron chi connectivity index (χ4n) is 5.74. The molecule has 0 fully saturated rings. The van der Waals surface area contributed by atoms with Crippen molar-refractivity contribution in [3.05, 3.63) is 98.0 Å². The first-order valence-electron chi connectivity index (χ1n) is 12.3. The van der Waals surface area contributed by atoms with Crippen molar-refractivity contribution in [3.8, 4) is 0 Å². The van der Waals surface area contributed by atoms with Crippen molar-refractivity contribution in [2.24, 2.45) is 0 Å². The maximum Gasteiger partial charge on any atom is 0.272 e. The Labute approximate surface area is 207 Å². The van der Waals surface area contributed by atoms with Crippen molar-refractivity contribution in [1.29, 1.82) is 0 Å². The lowest BCUT2D eigenvalue weighted by Crippen LogP contribution is -2.48. The van der Waals surface area contributed by atoms with Crippen LogP contribution in [-0.2, 0) is 24.1 Å². The third-order valence-corrected chi connectivity index (χ3v) is 7.23. The summed E-state index contributed by atoms with van der Waals surface area (Å²) in [5.41, 5.74) is 2.20. The Bertz CT molecular complexity index is 1380. The van der Waals surface area contributed by atoms with Crippen LogP contribution in [0.5, 0.6) is 0 Å². The third kappa shape index (κ3) is 3.94. The number of Topliss-reactive ketones (excluding diaryl/α,β-unsaturated/α-hetero) is 1. The number of benzene rings is 2. The second kappa shape index (κ2) is 9.41. The number of carbonyl (C=O) groups excluding carboxylic acids is 2. The largest absolute Gasteiger partial charge is 0.335 e. The Morgan fingerprint density at radius 1 is 1.03 bits per heavy atom. The minimum atomic E-state index is -0.533. The second-order valence-corrected chi connectivity index (χ2v) is 9.57. The molecule has 5 rings (SSSR count). The number of fused-ring (bicyclic) bond motifs is 3. The van der Waals surface area contributed by atoms with Crippen LogP contribution < -0.4 is 5.43 Å². The van der Waals surface area contributed by atoms with Crippen molar-refractivity contribution in [2.45, 2.75) is 51.5 Å². The predicted octanol–water partition coefficient (Wildman–Crippen LogP) is 3.99. The van der Waals surface area contributed by atoms with E-state index in [0.717, 1.165) is 17.3 Å². The summed E-state index contributed by atoms with van der Waals surface area (Å²) >= 11 is 0. The van der Waals surface area contributed by atoms with Crippen LogP contribution in [0.15, 0.2) is 47.4 Å². The van der Waals surface area contributed by atoms with E-state index in [2.05, 4.69) is 5.10 Å². The number of nitrogens with zero attached hydrogens (tertiary/aromatic N) is 3. The minimum absolute atomic E-state index is 0.0857. The first kappa shape index (κ1) is 24.0. The molecule has 1 amide bonds. The summed E-state index contributed by atoms with van der Waals surface area (Å²) in [5, 5.41) is 4.37. The van der Waals surface area contributed by atoms with Gasteiger partial charge in [-0.25, -0.2) is 8.78 Å². The molecule has 6 nitrogen and oxygen atoms in total. The molecule has 2 aliphatic rings. The monoisotopic (exact) mass is 491 g/mol. The fraction of sp³-hybridized carbons (Fsp3) is 0.357. The number of hydrogen-bond acceptors (Lipinski definition) is 4. The highest BCUT2D eigenvalue weighted by Crippen LogP contribution is 2.44. The van der Waals surface area contributed by atoms with Crippen LogP contribution in [0.2, 0.25) is 0 Å². The number of aromatic nitrogens is 2. The van der Waals surface area contributed by atoms with Gasteiger partial charge >= 0.3 is 0 Å². The molecule has 2 aromatic carbocycles. The van der Waals surface area contributed by atoms with Gasteiger partial charge in [0, 0.05) is 31.0 Å². The van der Waals surface area contributed by atoms with E-state index in [1.807, 2.05) is 19.1 Å². The highest BCUT2D eigenvalue weighted by atomic mass is 19.1. The molecule has 1 aromatic heterocycles. The molecule has 0 N–H and O–H groups in total. The lowest BCUT2D eigenvalue weighted by molar-refractivity contribution is -0.116. The quantitative estimate of drug-likeness (QED) is 0.541. The van der Waals surface area contributed by atoms with E-state index in [1.165, 1.54) is 23.7 Å². The van der Waals surface area contributed by atoms with Crippen molar-refractivity contribution in [2.75, 3.05) is 13.1 Å². The Hall–Kier alpha value is -3.68. The Morgan fingerprint density at radius 3 is 2.19 bits per heavy atom. The van der Waals surface area contributed by atoms with E-state index in [-0.39, 0.29) is 47.5 Å². The predicted molar refractivity (Wildman–Crippen MR) is 130 cm³/mol. The summed E-state index contributed by atoms with van der Waals surface area (Å²) in [6.07, 6.45) is 2.32. The summed E-state index contributed by atoms with van der Waals surface area (Å²) in [5.74, 6) is -1.83. The van der Waals surface area contributed by atoms with Crippen molar-refractivity contribution < 1.29 is 18.4 Å². The molecule has 1 aliphatic heterocycles. The SMILES string of the molecule is CCCN1CC(C2c3cccc(F)c3CCc3c(F)cccc32)n2ncc(=O)c(CC(C)=O)c2C1=O. The number of ketones is 1. The standard InChI is InChI=1S/C28H27F2N3O3/c1-3-12-32-15-24(33-27(28(32)36)21(13-16(2)34)25(35)14-31-33)26-19-6-4-8-22(29)17(19)10-11-18-20(26)7-5-9-23(18)30/h4-9,14,24,26H,3,10-13,15H2,1-2H3. The molecule has 0 saturated carbocycles. The molecule has 0 bridgehead atoms. The van der Waals surface area contributed by atoms with Crippen LogP contribution in [0.25, 0.3) is 0 Å². The summed E-state index contributed by atoms with van der Waals surface area (Å²) in [7, 11) is 0. The average Bonchev–Trinajstić information content (AvgIpc) is 3.01. The van der Waals surface area contributed by atoms with Gasteiger partial charge < -0.3 is 4.90 Å². The number of rotatable bonds is 5. The Balaban J connectivity index is 1.81. The van der Waals surface area contributed by atoms with Gasteiger partial charge in [0.15, 0.2) is 0 Å². The Kier molecular flexibility index (Phi) is 6.28. The average molecular weight is 492 g/mol. The van der Waals surface area contributed by atoms with Gasteiger partial charge in [0.2, 0.25) is 5.43 Å². The molecule has 0 spiro atoms. The summed E-state index contributed by atoms with van der Waals surface area (Å²) in [6, 6.07) is 9.27. The molecular weight excluding hydrogens is 464 g/mol. The summed E-state index contributed by atoms with van der Waals surface area (Å²) in [4.78, 5) is 40.0. The zero-order valence-electron chi connectivity index (χ0n) is 20.3. The van der Waals surface area contributed by atoms with Crippen LogP contribution in [0.4, 0.5) is 8.78 Å².